The molecule has 0 aliphatic heterocycles. The molecule has 4 rings (SSSR count). The first-order chi connectivity index (χ1) is 13.3. The minimum absolute atomic E-state index is 0.0377. The molecule has 0 spiro atoms. The van der Waals surface area contributed by atoms with Gasteiger partial charge in [0.1, 0.15) is 0 Å². The van der Waals surface area contributed by atoms with E-state index in [1.165, 1.54) is 11.3 Å². The van der Waals surface area contributed by atoms with Crippen molar-refractivity contribution in [3.63, 3.8) is 0 Å². The molecule has 1 aromatic carbocycles. The molecule has 0 aliphatic rings. The summed E-state index contributed by atoms with van der Waals surface area (Å²) in [6, 6.07) is 8.43. The van der Waals surface area contributed by atoms with Gasteiger partial charge in [0.15, 0.2) is 11.0 Å². The lowest BCUT2D eigenvalue weighted by atomic mass is 10.3. The Hall–Kier alpha value is -2.37. The van der Waals surface area contributed by atoms with Crippen LogP contribution in [0.1, 0.15) is 5.56 Å². The predicted octanol–water partition coefficient (Wildman–Crippen LogP) is 4.74. The molecule has 0 bridgehead atoms. The average molecular weight is 444 g/mol. The Bertz CT molecular complexity index is 1190. The van der Waals surface area contributed by atoms with Crippen LogP contribution in [0, 0.1) is 0 Å². The third-order valence-corrected chi connectivity index (χ3v) is 5.90. The van der Waals surface area contributed by atoms with Crippen molar-refractivity contribution in [1.82, 2.24) is 19.6 Å². The third kappa shape index (κ3) is 3.64. The molecule has 12 heteroatoms. The monoisotopic (exact) mass is 443 g/mol. The first-order valence-corrected chi connectivity index (χ1v) is 9.89. The zero-order valence-electron chi connectivity index (χ0n) is 13.7. The number of nitrogens with zero attached hydrogens (tertiary/aromatic N) is 4. The third-order valence-electron chi connectivity index (χ3n) is 3.67. The van der Waals surface area contributed by atoms with Crippen molar-refractivity contribution in [2.24, 2.45) is 0 Å². The second kappa shape index (κ2) is 7.22. The van der Waals surface area contributed by atoms with Crippen LogP contribution >= 0.6 is 34.7 Å². The Morgan fingerprint density at radius 1 is 1.29 bits per heavy atom. The van der Waals surface area contributed by atoms with Gasteiger partial charge >= 0.3 is 6.18 Å². The molecule has 28 heavy (non-hydrogen) atoms. The topological polar surface area (TPSA) is 72.2 Å². The number of para-hydroxylation sites is 1. The number of anilines is 1. The zero-order chi connectivity index (χ0) is 19.9. The number of alkyl halides is 3. The fourth-order valence-corrected chi connectivity index (χ4v) is 4.41. The normalized spacial score (nSPS) is 12.0. The quantitative estimate of drug-likeness (QED) is 0.461. The van der Waals surface area contributed by atoms with E-state index in [4.69, 9.17) is 11.6 Å². The van der Waals surface area contributed by atoms with Gasteiger partial charge in [-0.25, -0.2) is 4.98 Å². The van der Waals surface area contributed by atoms with Gasteiger partial charge < -0.3 is 5.32 Å². The summed E-state index contributed by atoms with van der Waals surface area (Å²) in [5.41, 5.74) is -0.0529. The largest absolute Gasteiger partial charge is 0.417 e. The summed E-state index contributed by atoms with van der Waals surface area (Å²) in [6.45, 7) is 0. The van der Waals surface area contributed by atoms with E-state index in [1.54, 1.807) is 0 Å². The highest BCUT2D eigenvalue weighted by Crippen LogP contribution is 2.33. The highest BCUT2D eigenvalue weighted by molar-refractivity contribution is 7.99. The van der Waals surface area contributed by atoms with Crippen LogP contribution in [0.4, 0.5) is 19.0 Å². The standard InChI is InChI=1S/C16H9ClF3N5OS2/c17-9-5-8(16(18,19)20)6-21-13(9)22-12(26)7-27-14-23-24-15-25(14)10-3-1-2-4-11(10)28-15/h1-6H,7H2,(H,21,22,26). The zero-order valence-corrected chi connectivity index (χ0v) is 16.1. The molecule has 0 atom stereocenters. The number of benzene rings is 1. The average Bonchev–Trinajstić information content (AvgIpc) is 3.20. The maximum Gasteiger partial charge on any atom is 0.417 e. The van der Waals surface area contributed by atoms with Crippen molar-refractivity contribution in [1.29, 1.82) is 0 Å². The van der Waals surface area contributed by atoms with Gasteiger partial charge in [0.25, 0.3) is 0 Å². The molecule has 1 N–H and O–H groups in total. The summed E-state index contributed by atoms with van der Waals surface area (Å²) >= 11 is 8.43. The van der Waals surface area contributed by atoms with E-state index in [0.717, 1.165) is 28.0 Å². The van der Waals surface area contributed by atoms with Crippen LogP contribution in [0.25, 0.3) is 15.2 Å². The summed E-state index contributed by atoms with van der Waals surface area (Å²) in [5.74, 6) is -0.646. The Morgan fingerprint density at radius 3 is 2.82 bits per heavy atom. The fourth-order valence-electron chi connectivity index (χ4n) is 2.43. The summed E-state index contributed by atoms with van der Waals surface area (Å²) < 4.78 is 40.8. The van der Waals surface area contributed by atoms with Gasteiger partial charge in [-0.1, -0.05) is 46.8 Å². The van der Waals surface area contributed by atoms with Crippen molar-refractivity contribution in [3.8, 4) is 0 Å². The van der Waals surface area contributed by atoms with Crippen LogP contribution in [0.2, 0.25) is 5.02 Å². The van der Waals surface area contributed by atoms with E-state index in [9.17, 15) is 18.0 Å². The van der Waals surface area contributed by atoms with Crippen molar-refractivity contribution in [2.75, 3.05) is 11.1 Å². The van der Waals surface area contributed by atoms with Gasteiger partial charge in [-0.15, -0.1) is 10.2 Å². The highest BCUT2D eigenvalue weighted by Gasteiger charge is 2.31. The molecule has 4 aromatic rings. The number of pyridine rings is 1. The van der Waals surface area contributed by atoms with E-state index in [-0.39, 0.29) is 16.6 Å². The SMILES string of the molecule is O=C(CSc1nnc2sc3ccccc3n12)Nc1ncc(C(F)(F)F)cc1Cl. The minimum Gasteiger partial charge on any atom is -0.309 e. The molecule has 0 fully saturated rings. The smallest absolute Gasteiger partial charge is 0.309 e. The lowest BCUT2D eigenvalue weighted by Gasteiger charge is -2.09. The number of halogens is 4. The lowest BCUT2D eigenvalue weighted by molar-refractivity contribution is -0.137. The highest BCUT2D eigenvalue weighted by atomic mass is 35.5. The van der Waals surface area contributed by atoms with Gasteiger partial charge in [-0.3, -0.25) is 9.20 Å². The first kappa shape index (κ1) is 19.0. The molecule has 144 valence electrons. The van der Waals surface area contributed by atoms with Crippen LogP contribution in [0.3, 0.4) is 0 Å². The Morgan fingerprint density at radius 2 is 2.07 bits per heavy atom. The number of rotatable bonds is 4. The number of aromatic nitrogens is 4. The first-order valence-electron chi connectivity index (χ1n) is 7.71. The molecule has 0 saturated heterocycles. The molecule has 0 radical (unpaired) electrons. The van der Waals surface area contributed by atoms with Gasteiger partial charge in [0, 0.05) is 6.20 Å². The minimum atomic E-state index is -4.56. The lowest BCUT2D eigenvalue weighted by Crippen LogP contribution is -2.16. The summed E-state index contributed by atoms with van der Waals surface area (Å²) in [6.07, 6.45) is -3.94. The second-order valence-electron chi connectivity index (χ2n) is 5.56. The predicted molar refractivity (Wildman–Crippen MR) is 102 cm³/mol. The molecule has 0 unspecified atom stereocenters. The summed E-state index contributed by atoms with van der Waals surface area (Å²) in [7, 11) is 0. The molecule has 1 amide bonds. The van der Waals surface area contributed by atoms with E-state index in [2.05, 4.69) is 20.5 Å². The van der Waals surface area contributed by atoms with Gasteiger partial charge in [-0.2, -0.15) is 13.2 Å². The van der Waals surface area contributed by atoms with E-state index in [1.807, 2.05) is 28.7 Å². The number of thioether (sulfide) groups is 1. The number of amides is 1. The maximum atomic E-state index is 12.6. The van der Waals surface area contributed by atoms with Crippen LogP contribution in [0.15, 0.2) is 41.7 Å². The van der Waals surface area contributed by atoms with E-state index >= 15 is 0 Å². The van der Waals surface area contributed by atoms with Crippen molar-refractivity contribution in [3.05, 3.63) is 47.1 Å². The number of nitrogens with one attached hydrogen (secondary N) is 1. The molecular formula is C16H9ClF3N5OS2. The van der Waals surface area contributed by atoms with Crippen molar-refractivity contribution >= 4 is 61.6 Å². The van der Waals surface area contributed by atoms with Gasteiger partial charge in [0.05, 0.1) is 26.6 Å². The van der Waals surface area contributed by atoms with Crippen molar-refractivity contribution < 1.29 is 18.0 Å². The maximum absolute atomic E-state index is 12.6. The Balaban J connectivity index is 1.47. The summed E-state index contributed by atoms with van der Waals surface area (Å²) in [4.78, 5) is 16.5. The van der Waals surface area contributed by atoms with E-state index in [0.29, 0.717) is 16.3 Å². The van der Waals surface area contributed by atoms with Crippen molar-refractivity contribution in [2.45, 2.75) is 11.3 Å². The number of carbonyl (C=O) groups excluding carboxylic acids is 1. The van der Waals surface area contributed by atoms with Gasteiger partial charge in [-0.05, 0) is 18.2 Å². The van der Waals surface area contributed by atoms with E-state index < -0.39 is 17.6 Å². The van der Waals surface area contributed by atoms with Crippen LogP contribution in [-0.4, -0.2) is 31.2 Å². The Kier molecular flexibility index (Phi) is 4.89. The number of thiazole rings is 1. The van der Waals surface area contributed by atoms with Gasteiger partial charge in [0.2, 0.25) is 10.9 Å². The Labute approximate surface area is 168 Å². The summed E-state index contributed by atoms with van der Waals surface area (Å²) in [5, 5.41) is 10.8. The molecule has 3 aromatic heterocycles. The number of fused-ring (bicyclic) bond motifs is 3. The number of hydrogen-bond donors (Lipinski definition) is 1. The molecule has 0 aliphatic carbocycles. The molecule has 6 nitrogen and oxygen atoms in total. The van der Waals surface area contributed by atoms with Crippen LogP contribution in [-0.2, 0) is 11.0 Å². The fraction of sp³-hybridized carbons (Fsp3) is 0.125. The molecule has 0 saturated carbocycles. The molecule has 3 heterocycles. The number of hydrogen-bond acceptors (Lipinski definition) is 6. The molecular weight excluding hydrogens is 435 g/mol. The second-order valence-corrected chi connectivity index (χ2v) is 7.92. The number of carbonyl (C=O) groups is 1. The van der Waals surface area contributed by atoms with Crippen LogP contribution in [0.5, 0.6) is 0 Å². The van der Waals surface area contributed by atoms with Crippen LogP contribution < -0.4 is 5.32 Å².